The second kappa shape index (κ2) is 2.43. The topological polar surface area (TPSA) is 12.4 Å². The van der Waals surface area contributed by atoms with Gasteiger partial charge in [-0.3, -0.25) is 4.99 Å². The van der Waals surface area contributed by atoms with Crippen LogP contribution in [0, 0.1) is 0 Å². The normalized spacial score (nSPS) is 13.5. The van der Waals surface area contributed by atoms with Gasteiger partial charge in [0.2, 0.25) is 0 Å². The molecule has 1 nitrogen and oxygen atoms in total. The van der Waals surface area contributed by atoms with E-state index in [9.17, 15) is 0 Å². The Bertz CT molecular complexity index is 497. The molecule has 1 heterocycles. The summed E-state index contributed by atoms with van der Waals surface area (Å²) in [6.45, 7) is 0. The summed E-state index contributed by atoms with van der Waals surface area (Å²) in [5, 5.41) is 2.66. The second-order valence-corrected chi connectivity index (χ2v) is 3.30. The van der Waals surface area contributed by atoms with Crippen molar-refractivity contribution >= 4 is 22.7 Å². The summed E-state index contributed by atoms with van der Waals surface area (Å²) in [6, 6.07) is 12.7. The maximum Gasteiger partial charge on any atom is 0.0667 e. The van der Waals surface area contributed by atoms with E-state index in [0.717, 1.165) is 12.1 Å². The highest BCUT2D eigenvalue weighted by molar-refractivity contribution is 5.94. The van der Waals surface area contributed by atoms with Crippen molar-refractivity contribution in [3.05, 3.63) is 42.0 Å². The summed E-state index contributed by atoms with van der Waals surface area (Å²) in [5.41, 5.74) is 2.51. The fourth-order valence-corrected chi connectivity index (χ4v) is 1.90. The molecule has 1 heteroatoms. The molecule has 0 spiro atoms. The molecule has 0 saturated heterocycles. The van der Waals surface area contributed by atoms with Gasteiger partial charge in [0.25, 0.3) is 0 Å². The van der Waals surface area contributed by atoms with Crippen molar-refractivity contribution in [2.24, 2.45) is 4.99 Å². The van der Waals surface area contributed by atoms with Crippen molar-refractivity contribution in [2.75, 3.05) is 0 Å². The van der Waals surface area contributed by atoms with Crippen molar-refractivity contribution in [1.82, 2.24) is 0 Å². The van der Waals surface area contributed by atoms with Crippen molar-refractivity contribution in [3.63, 3.8) is 0 Å². The molecular formula is C12H9N. The fraction of sp³-hybridized carbons (Fsp3) is 0.0833. The molecule has 0 radical (unpaired) electrons. The average molecular weight is 167 g/mol. The zero-order valence-corrected chi connectivity index (χ0v) is 7.20. The Labute approximate surface area is 76.7 Å². The number of hydrogen-bond donors (Lipinski definition) is 0. The fourth-order valence-electron chi connectivity index (χ4n) is 1.90. The Balaban J connectivity index is 2.46. The van der Waals surface area contributed by atoms with Crippen LogP contribution < -0.4 is 0 Å². The van der Waals surface area contributed by atoms with Crippen LogP contribution in [0.5, 0.6) is 0 Å². The molecule has 1 aliphatic heterocycles. The van der Waals surface area contributed by atoms with E-state index in [4.69, 9.17) is 0 Å². The first-order valence-corrected chi connectivity index (χ1v) is 4.48. The van der Waals surface area contributed by atoms with E-state index in [1.807, 2.05) is 6.21 Å². The lowest BCUT2D eigenvalue weighted by molar-refractivity contribution is 1.46. The molecule has 2 aromatic rings. The molecular weight excluding hydrogens is 158 g/mol. The van der Waals surface area contributed by atoms with Crippen LogP contribution in [-0.4, -0.2) is 6.21 Å². The van der Waals surface area contributed by atoms with Gasteiger partial charge in [-0.1, -0.05) is 30.3 Å². The van der Waals surface area contributed by atoms with Crippen LogP contribution in [0.2, 0.25) is 0 Å². The third-order valence-electron chi connectivity index (χ3n) is 2.54. The van der Waals surface area contributed by atoms with Gasteiger partial charge < -0.3 is 0 Å². The van der Waals surface area contributed by atoms with Crippen molar-refractivity contribution in [2.45, 2.75) is 6.42 Å². The highest BCUT2D eigenvalue weighted by Crippen LogP contribution is 2.31. The smallest absolute Gasteiger partial charge is 0.0667 e. The zero-order chi connectivity index (χ0) is 8.67. The lowest BCUT2D eigenvalue weighted by Gasteiger charge is -2.02. The molecule has 0 unspecified atom stereocenters. The van der Waals surface area contributed by atoms with E-state index in [1.54, 1.807) is 0 Å². The predicted octanol–water partition coefficient (Wildman–Crippen LogP) is 3.10. The van der Waals surface area contributed by atoms with E-state index in [0.29, 0.717) is 0 Å². The van der Waals surface area contributed by atoms with Crippen molar-refractivity contribution < 1.29 is 0 Å². The molecule has 62 valence electrons. The first-order valence-electron chi connectivity index (χ1n) is 4.48. The van der Waals surface area contributed by atoms with Gasteiger partial charge in [0, 0.05) is 12.6 Å². The highest BCUT2D eigenvalue weighted by atomic mass is 14.7. The third-order valence-corrected chi connectivity index (χ3v) is 2.54. The molecule has 0 amide bonds. The third kappa shape index (κ3) is 0.903. The summed E-state index contributed by atoms with van der Waals surface area (Å²) < 4.78 is 0. The van der Waals surface area contributed by atoms with E-state index in [-0.39, 0.29) is 0 Å². The number of nitrogens with zero attached hydrogens (tertiary/aromatic N) is 1. The van der Waals surface area contributed by atoms with Crippen molar-refractivity contribution in [1.29, 1.82) is 0 Å². The van der Waals surface area contributed by atoms with Crippen LogP contribution in [0.3, 0.4) is 0 Å². The van der Waals surface area contributed by atoms with E-state index >= 15 is 0 Å². The van der Waals surface area contributed by atoms with E-state index in [1.165, 1.54) is 16.3 Å². The maximum absolute atomic E-state index is 4.32. The molecule has 0 aromatic heterocycles. The summed E-state index contributed by atoms with van der Waals surface area (Å²) in [7, 11) is 0. The van der Waals surface area contributed by atoms with Crippen LogP contribution in [0.25, 0.3) is 10.8 Å². The summed E-state index contributed by atoms with van der Waals surface area (Å²) in [4.78, 5) is 4.32. The summed E-state index contributed by atoms with van der Waals surface area (Å²) in [6.07, 6.45) is 2.97. The standard InChI is InChI=1S/C12H9N/c1-2-4-10-9(3-1)5-6-12-11(10)7-8-13-12/h1-6,8H,7H2. The molecule has 1 aliphatic rings. The van der Waals surface area contributed by atoms with Crippen LogP contribution in [0.1, 0.15) is 5.56 Å². The average Bonchev–Trinajstić information content (AvgIpc) is 2.65. The van der Waals surface area contributed by atoms with Gasteiger partial charge >= 0.3 is 0 Å². The Hall–Kier alpha value is -1.63. The summed E-state index contributed by atoms with van der Waals surface area (Å²) in [5.74, 6) is 0. The molecule has 3 rings (SSSR count). The molecule has 13 heavy (non-hydrogen) atoms. The number of fused-ring (bicyclic) bond motifs is 3. The van der Waals surface area contributed by atoms with Gasteiger partial charge in [0.05, 0.1) is 5.69 Å². The second-order valence-electron chi connectivity index (χ2n) is 3.30. The maximum atomic E-state index is 4.32. The van der Waals surface area contributed by atoms with Crippen LogP contribution in [-0.2, 0) is 6.42 Å². The first kappa shape index (κ1) is 6.84. The summed E-state index contributed by atoms with van der Waals surface area (Å²) >= 11 is 0. The molecule has 0 aliphatic carbocycles. The van der Waals surface area contributed by atoms with E-state index < -0.39 is 0 Å². The monoisotopic (exact) mass is 167 g/mol. The van der Waals surface area contributed by atoms with Crippen LogP contribution in [0.15, 0.2) is 41.4 Å². The predicted molar refractivity (Wildman–Crippen MR) is 55.8 cm³/mol. The largest absolute Gasteiger partial charge is 0.261 e. The minimum absolute atomic E-state index is 0.983. The van der Waals surface area contributed by atoms with E-state index in [2.05, 4.69) is 41.4 Å². The van der Waals surface area contributed by atoms with Gasteiger partial charge in [0.1, 0.15) is 0 Å². The van der Waals surface area contributed by atoms with Crippen LogP contribution >= 0.6 is 0 Å². The lowest BCUT2D eigenvalue weighted by atomic mass is 10.0. The number of benzene rings is 2. The zero-order valence-electron chi connectivity index (χ0n) is 7.20. The van der Waals surface area contributed by atoms with Gasteiger partial charge in [-0.25, -0.2) is 0 Å². The van der Waals surface area contributed by atoms with Gasteiger partial charge in [0.15, 0.2) is 0 Å². The number of hydrogen-bond acceptors (Lipinski definition) is 1. The Morgan fingerprint density at radius 2 is 1.92 bits per heavy atom. The number of rotatable bonds is 0. The SMILES string of the molecule is C1=Nc2ccc3ccccc3c2C1. The van der Waals surface area contributed by atoms with Crippen LogP contribution in [0.4, 0.5) is 5.69 Å². The van der Waals surface area contributed by atoms with Gasteiger partial charge in [-0.05, 0) is 22.4 Å². The molecule has 2 aromatic carbocycles. The van der Waals surface area contributed by atoms with Gasteiger partial charge in [-0.15, -0.1) is 0 Å². The quantitative estimate of drug-likeness (QED) is 0.571. The highest BCUT2D eigenvalue weighted by Gasteiger charge is 2.08. The van der Waals surface area contributed by atoms with Crippen molar-refractivity contribution in [3.8, 4) is 0 Å². The molecule has 0 atom stereocenters. The molecule has 0 bridgehead atoms. The Morgan fingerprint density at radius 1 is 1.00 bits per heavy atom. The Kier molecular flexibility index (Phi) is 1.28. The minimum Gasteiger partial charge on any atom is -0.261 e. The molecule has 0 saturated carbocycles. The minimum atomic E-state index is 0.983. The molecule has 0 N–H and O–H groups in total. The first-order chi connectivity index (χ1) is 6.45. The van der Waals surface area contributed by atoms with Gasteiger partial charge in [-0.2, -0.15) is 0 Å². The Morgan fingerprint density at radius 3 is 2.92 bits per heavy atom. The number of aliphatic imine (C=N–C) groups is 1. The lowest BCUT2D eigenvalue weighted by Crippen LogP contribution is -1.82. The molecule has 0 fully saturated rings.